The van der Waals surface area contributed by atoms with Crippen LogP contribution < -0.4 is 0 Å². The molecule has 0 N–H and O–H groups in total. The number of aromatic nitrogens is 3. The molecule has 0 aliphatic heterocycles. The molecule has 0 unspecified atom stereocenters. The first-order valence-electron chi connectivity index (χ1n) is 8.09. The monoisotopic (exact) mass is 342 g/mol. The van der Waals surface area contributed by atoms with Crippen LogP contribution in [0, 0.1) is 34.6 Å². The van der Waals surface area contributed by atoms with E-state index in [1.807, 2.05) is 51.3 Å². The number of rotatable bonds is 4. The third-order valence-electron chi connectivity index (χ3n) is 4.43. The van der Waals surface area contributed by atoms with E-state index in [0.717, 1.165) is 34.2 Å². The van der Waals surface area contributed by atoms with Gasteiger partial charge in [-0.1, -0.05) is 10.3 Å². The van der Waals surface area contributed by atoms with Gasteiger partial charge in [0.1, 0.15) is 11.5 Å². The van der Waals surface area contributed by atoms with Gasteiger partial charge >= 0.3 is 0 Å². The van der Waals surface area contributed by atoms with Crippen molar-refractivity contribution in [3.8, 4) is 5.82 Å². The molecule has 7 nitrogen and oxygen atoms in total. The fourth-order valence-corrected chi connectivity index (χ4v) is 3.03. The number of carbonyl (C=O) groups is 1. The summed E-state index contributed by atoms with van der Waals surface area (Å²) in [5, 5.41) is 7.99. The molecule has 0 aromatic carbocycles. The molecule has 0 bridgehead atoms. The maximum atomic E-state index is 12.9. The minimum Gasteiger partial charge on any atom is -0.361 e. The molecule has 3 heterocycles. The Morgan fingerprint density at radius 3 is 2.40 bits per heavy atom. The highest BCUT2D eigenvalue weighted by atomic mass is 16.5. The number of amides is 1. The van der Waals surface area contributed by atoms with Crippen LogP contribution in [0.4, 0.5) is 0 Å². The highest BCUT2D eigenvalue weighted by molar-refractivity contribution is 5.95. The van der Waals surface area contributed by atoms with Crippen molar-refractivity contribution in [1.82, 2.24) is 19.8 Å². The van der Waals surface area contributed by atoms with E-state index in [2.05, 4.69) is 10.3 Å². The lowest BCUT2D eigenvalue weighted by molar-refractivity contribution is 0.0784. The third-order valence-corrected chi connectivity index (χ3v) is 4.43. The Morgan fingerprint density at radius 2 is 1.84 bits per heavy atom. The van der Waals surface area contributed by atoms with Crippen LogP contribution in [0.3, 0.4) is 0 Å². The molecule has 0 spiro atoms. The average molecular weight is 342 g/mol. The number of carbonyl (C=O) groups excluding carboxylic acids is 1. The molecule has 0 saturated heterocycles. The van der Waals surface area contributed by atoms with Crippen molar-refractivity contribution in [2.75, 3.05) is 7.05 Å². The fourth-order valence-electron chi connectivity index (χ4n) is 3.03. The average Bonchev–Trinajstić information content (AvgIpc) is 3.20. The summed E-state index contributed by atoms with van der Waals surface area (Å²) in [6.45, 7) is 9.88. The summed E-state index contributed by atoms with van der Waals surface area (Å²) in [5.41, 5.74) is 4.16. The SMILES string of the molecule is Cc1cc(-n2c(C)cc(C(=O)N(C)Cc3c(C)noc3C)c2C)no1. The second-order valence-electron chi connectivity index (χ2n) is 6.38. The van der Waals surface area contributed by atoms with E-state index in [0.29, 0.717) is 17.9 Å². The third kappa shape index (κ3) is 2.97. The lowest BCUT2D eigenvalue weighted by Crippen LogP contribution is -2.27. The summed E-state index contributed by atoms with van der Waals surface area (Å²) in [6.07, 6.45) is 0. The van der Waals surface area contributed by atoms with Gasteiger partial charge in [-0.15, -0.1) is 0 Å². The Balaban J connectivity index is 1.90. The topological polar surface area (TPSA) is 77.3 Å². The quantitative estimate of drug-likeness (QED) is 0.727. The summed E-state index contributed by atoms with van der Waals surface area (Å²) in [5.74, 6) is 2.09. The summed E-state index contributed by atoms with van der Waals surface area (Å²) < 4.78 is 12.3. The molecule has 0 radical (unpaired) electrons. The lowest BCUT2D eigenvalue weighted by atomic mass is 10.1. The van der Waals surface area contributed by atoms with Crippen molar-refractivity contribution in [1.29, 1.82) is 0 Å². The zero-order valence-electron chi connectivity index (χ0n) is 15.4. The maximum absolute atomic E-state index is 12.9. The molecule has 132 valence electrons. The van der Waals surface area contributed by atoms with E-state index in [9.17, 15) is 4.79 Å². The van der Waals surface area contributed by atoms with Gasteiger partial charge in [-0.3, -0.25) is 9.36 Å². The van der Waals surface area contributed by atoms with Crippen LogP contribution in [-0.4, -0.2) is 32.7 Å². The van der Waals surface area contributed by atoms with Crippen LogP contribution in [0.25, 0.3) is 5.82 Å². The maximum Gasteiger partial charge on any atom is 0.255 e. The molecule has 3 rings (SSSR count). The number of nitrogens with zero attached hydrogens (tertiary/aromatic N) is 4. The Morgan fingerprint density at radius 1 is 1.12 bits per heavy atom. The molecule has 0 aliphatic rings. The number of hydrogen-bond acceptors (Lipinski definition) is 5. The van der Waals surface area contributed by atoms with Crippen LogP contribution >= 0.6 is 0 Å². The van der Waals surface area contributed by atoms with Crippen LogP contribution in [-0.2, 0) is 6.54 Å². The highest BCUT2D eigenvalue weighted by Gasteiger charge is 2.22. The first kappa shape index (κ1) is 17.0. The second-order valence-corrected chi connectivity index (χ2v) is 6.38. The molecule has 0 fully saturated rings. The zero-order chi connectivity index (χ0) is 18.3. The highest BCUT2D eigenvalue weighted by Crippen LogP contribution is 2.23. The molecule has 25 heavy (non-hydrogen) atoms. The minimum absolute atomic E-state index is 0.0560. The molecular weight excluding hydrogens is 320 g/mol. The van der Waals surface area contributed by atoms with Gasteiger partial charge < -0.3 is 13.9 Å². The van der Waals surface area contributed by atoms with Gasteiger partial charge in [0, 0.05) is 30.1 Å². The van der Waals surface area contributed by atoms with Gasteiger partial charge in [-0.2, -0.15) is 0 Å². The molecule has 0 saturated carbocycles. The fraction of sp³-hybridized carbons (Fsp3) is 0.389. The molecule has 3 aromatic heterocycles. The van der Waals surface area contributed by atoms with Gasteiger partial charge in [0.15, 0.2) is 5.82 Å². The lowest BCUT2D eigenvalue weighted by Gasteiger charge is -2.17. The van der Waals surface area contributed by atoms with Gasteiger partial charge in [0.05, 0.1) is 17.8 Å². The Hall–Kier alpha value is -2.83. The van der Waals surface area contributed by atoms with E-state index in [1.54, 1.807) is 11.9 Å². The Bertz CT molecular complexity index is 913. The van der Waals surface area contributed by atoms with Crippen molar-refractivity contribution >= 4 is 5.91 Å². The standard InChI is InChI=1S/C18H22N4O3/c1-10-7-15(13(4)22(10)17-8-11(2)24-20-17)18(23)21(6)9-16-12(3)19-25-14(16)5/h7-8H,9H2,1-6H3. The van der Waals surface area contributed by atoms with Gasteiger partial charge in [0.25, 0.3) is 5.91 Å². The second kappa shape index (κ2) is 6.23. The number of hydrogen-bond donors (Lipinski definition) is 0. The summed E-state index contributed by atoms with van der Waals surface area (Å²) in [7, 11) is 1.78. The van der Waals surface area contributed by atoms with Crippen molar-refractivity contribution in [2.45, 2.75) is 41.2 Å². The van der Waals surface area contributed by atoms with E-state index < -0.39 is 0 Å². The number of aryl methyl sites for hydroxylation is 4. The summed E-state index contributed by atoms with van der Waals surface area (Å²) >= 11 is 0. The van der Waals surface area contributed by atoms with Crippen LogP contribution in [0.1, 0.15) is 44.5 Å². The van der Waals surface area contributed by atoms with E-state index in [-0.39, 0.29) is 5.91 Å². The zero-order valence-corrected chi connectivity index (χ0v) is 15.4. The van der Waals surface area contributed by atoms with Crippen LogP contribution in [0.2, 0.25) is 0 Å². The van der Waals surface area contributed by atoms with E-state index in [1.165, 1.54) is 0 Å². The largest absolute Gasteiger partial charge is 0.361 e. The van der Waals surface area contributed by atoms with E-state index >= 15 is 0 Å². The van der Waals surface area contributed by atoms with Crippen molar-refractivity contribution in [3.05, 3.63) is 51.9 Å². The molecular formula is C18H22N4O3. The van der Waals surface area contributed by atoms with Crippen molar-refractivity contribution < 1.29 is 13.8 Å². The van der Waals surface area contributed by atoms with Crippen molar-refractivity contribution in [3.63, 3.8) is 0 Å². The molecule has 0 aliphatic carbocycles. The summed E-state index contributed by atoms with van der Waals surface area (Å²) in [4.78, 5) is 14.6. The molecule has 1 amide bonds. The minimum atomic E-state index is -0.0560. The van der Waals surface area contributed by atoms with Crippen molar-refractivity contribution in [2.24, 2.45) is 0 Å². The molecule has 0 atom stereocenters. The Labute approximate surface area is 146 Å². The first-order valence-corrected chi connectivity index (χ1v) is 8.09. The molecule has 7 heteroatoms. The predicted octanol–water partition coefficient (Wildman–Crippen LogP) is 3.27. The normalized spacial score (nSPS) is 11.1. The predicted molar refractivity (Wildman–Crippen MR) is 91.8 cm³/mol. The van der Waals surface area contributed by atoms with Gasteiger partial charge in [-0.25, -0.2) is 0 Å². The molecule has 3 aromatic rings. The van der Waals surface area contributed by atoms with Gasteiger partial charge in [0.2, 0.25) is 0 Å². The van der Waals surface area contributed by atoms with Crippen LogP contribution in [0.15, 0.2) is 21.2 Å². The van der Waals surface area contributed by atoms with E-state index in [4.69, 9.17) is 9.05 Å². The van der Waals surface area contributed by atoms with Gasteiger partial charge in [-0.05, 0) is 40.7 Å². The smallest absolute Gasteiger partial charge is 0.255 e. The Kier molecular flexibility index (Phi) is 4.24. The summed E-state index contributed by atoms with van der Waals surface area (Å²) in [6, 6.07) is 3.73. The van der Waals surface area contributed by atoms with Crippen LogP contribution in [0.5, 0.6) is 0 Å². The first-order chi connectivity index (χ1) is 11.8.